The third-order valence-corrected chi connectivity index (χ3v) is 4.89. The molecule has 1 atom stereocenters. The topological polar surface area (TPSA) is 44.8 Å². The number of urea groups is 1. The number of benzene rings is 1. The SMILES string of the molecule is COc1cccc(CCCN2CCC[C@@H](N3CCNC3=O)C2)c1. The largest absolute Gasteiger partial charge is 0.497 e. The minimum atomic E-state index is 0.119. The van der Waals surface area contributed by atoms with Crippen LogP contribution in [-0.4, -0.2) is 61.7 Å². The maximum atomic E-state index is 11.8. The molecular weight excluding hydrogens is 290 g/mol. The fourth-order valence-electron chi connectivity index (χ4n) is 3.66. The summed E-state index contributed by atoms with van der Waals surface area (Å²) >= 11 is 0. The maximum Gasteiger partial charge on any atom is 0.317 e. The van der Waals surface area contributed by atoms with Crippen LogP contribution in [0, 0.1) is 0 Å². The van der Waals surface area contributed by atoms with Crippen LogP contribution in [0.15, 0.2) is 24.3 Å². The molecule has 1 aromatic carbocycles. The summed E-state index contributed by atoms with van der Waals surface area (Å²) < 4.78 is 5.28. The number of piperidine rings is 1. The fourth-order valence-corrected chi connectivity index (χ4v) is 3.66. The summed E-state index contributed by atoms with van der Waals surface area (Å²) in [5.74, 6) is 0.931. The molecule has 5 nitrogen and oxygen atoms in total. The van der Waals surface area contributed by atoms with Gasteiger partial charge in [0.1, 0.15) is 5.75 Å². The number of carbonyl (C=O) groups excluding carboxylic acids is 1. The highest BCUT2D eigenvalue weighted by Gasteiger charge is 2.30. The number of amides is 2. The van der Waals surface area contributed by atoms with Crippen molar-refractivity contribution in [3.05, 3.63) is 29.8 Å². The Labute approximate surface area is 138 Å². The maximum absolute atomic E-state index is 11.8. The van der Waals surface area contributed by atoms with Gasteiger partial charge in [-0.15, -0.1) is 0 Å². The Morgan fingerprint density at radius 1 is 1.35 bits per heavy atom. The highest BCUT2D eigenvalue weighted by molar-refractivity contribution is 5.76. The molecule has 2 fully saturated rings. The lowest BCUT2D eigenvalue weighted by Gasteiger charge is -2.37. The molecular formula is C18H27N3O2. The lowest BCUT2D eigenvalue weighted by atomic mass is 10.0. The highest BCUT2D eigenvalue weighted by Crippen LogP contribution is 2.19. The normalized spacial score (nSPS) is 22.2. The lowest BCUT2D eigenvalue weighted by molar-refractivity contribution is 0.125. The van der Waals surface area contributed by atoms with Crippen LogP contribution in [0.25, 0.3) is 0 Å². The number of rotatable bonds is 6. The number of carbonyl (C=O) groups is 1. The molecule has 0 saturated carbocycles. The molecule has 3 rings (SSSR count). The standard InChI is InChI=1S/C18H27N3O2/c1-23-17-8-2-5-15(13-17)6-3-10-20-11-4-7-16(14-20)21-12-9-19-18(21)22/h2,5,8,13,16H,3-4,6-7,9-12,14H2,1H3,(H,19,22)/t16-/m1/s1. The van der Waals surface area contributed by atoms with Crippen molar-refractivity contribution in [1.82, 2.24) is 15.1 Å². The molecule has 0 aromatic heterocycles. The van der Waals surface area contributed by atoms with Gasteiger partial charge < -0.3 is 19.9 Å². The molecule has 2 heterocycles. The summed E-state index contributed by atoms with van der Waals surface area (Å²) in [4.78, 5) is 16.4. The van der Waals surface area contributed by atoms with Crippen molar-refractivity contribution in [2.24, 2.45) is 0 Å². The molecule has 0 bridgehead atoms. The molecule has 0 unspecified atom stereocenters. The van der Waals surface area contributed by atoms with E-state index in [9.17, 15) is 4.79 Å². The van der Waals surface area contributed by atoms with E-state index >= 15 is 0 Å². The molecule has 2 amide bonds. The summed E-state index contributed by atoms with van der Waals surface area (Å²) in [5.41, 5.74) is 1.33. The van der Waals surface area contributed by atoms with Crippen LogP contribution in [0.5, 0.6) is 5.75 Å². The highest BCUT2D eigenvalue weighted by atomic mass is 16.5. The van der Waals surface area contributed by atoms with Crippen LogP contribution in [0.4, 0.5) is 4.79 Å². The van der Waals surface area contributed by atoms with E-state index in [2.05, 4.69) is 28.4 Å². The second-order valence-corrected chi connectivity index (χ2v) is 6.48. The number of ether oxygens (including phenoxy) is 1. The summed E-state index contributed by atoms with van der Waals surface area (Å²) in [7, 11) is 1.71. The van der Waals surface area contributed by atoms with E-state index in [0.29, 0.717) is 6.04 Å². The van der Waals surface area contributed by atoms with Gasteiger partial charge in [0.2, 0.25) is 0 Å². The van der Waals surface area contributed by atoms with E-state index in [1.165, 1.54) is 12.0 Å². The van der Waals surface area contributed by atoms with Crippen LogP contribution in [0.1, 0.15) is 24.8 Å². The van der Waals surface area contributed by atoms with Crippen LogP contribution in [0.3, 0.4) is 0 Å². The molecule has 126 valence electrons. The zero-order valence-electron chi connectivity index (χ0n) is 14.0. The lowest BCUT2D eigenvalue weighted by Crippen LogP contribution is -2.49. The average molecular weight is 317 g/mol. The third kappa shape index (κ3) is 4.16. The van der Waals surface area contributed by atoms with Crippen LogP contribution in [-0.2, 0) is 6.42 Å². The number of nitrogens with zero attached hydrogens (tertiary/aromatic N) is 2. The number of hydrogen-bond acceptors (Lipinski definition) is 3. The minimum Gasteiger partial charge on any atom is -0.497 e. The number of methoxy groups -OCH3 is 1. The van der Waals surface area contributed by atoms with E-state index < -0.39 is 0 Å². The molecule has 1 N–H and O–H groups in total. The Morgan fingerprint density at radius 3 is 3.04 bits per heavy atom. The van der Waals surface area contributed by atoms with Gasteiger partial charge in [0.05, 0.1) is 7.11 Å². The first-order chi connectivity index (χ1) is 11.3. The summed E-state index contributed by atoms with van der Waals surface area (Å²) in [5, 5.41) is 2.91. The van der Waals surface area contributed by atoms with Crippen molar-refractivity contribution < 1.29 is 9.53 Å². The Balaban J connectivity index is 1.45. The van der Waals surface area contributed by atoms with Gasteiger partial charge in [0.25, 0.3) is 0 Å². The van der Waals surface area contributed by atoms with E-state index in [1.807, 2.05) is 11.0 Å². The van der Waals surface area contributed by atoms with Crippen LogP contribution in [0.2, 0.25) is 0 Å². The van der Waals surface area contributed by atoms with Crippen molar-refractivity contribution >= 4 is 6.03 Å². The third-order valence-electron chi connectivity index (χ3n) is 4.89. The first kappa shape index (κ1) is 16.1. The number of hydrogen-bond donors (Lipinski definition) is 1. The van der Waals surface area contributed by atoms with Crippen molar-refractivity contribution in [2.75, 3.05) is 39.8 Å². The number of likely N-dealkylation sites (tertiary alicyclic amines) is 1. The van der Waals surface area contributed by atoms with Crippen LogP contribution < -0.4 is 10.1 Å². The van der Waals surface area contributed by atoms with E-state index in [-0.39, 0.29) is 6.03 Å². The summed E-state index contributed by atoms with van der Waals surface area (Å²) in [6.45, 7) is 4.94. The second kappa shape index (κ2) is 7.68. The van der Waals surface area contributed by atoms with Gasteiger partial charge in [0, 0.05) is 25.7 Å². The van der Waals surface area contributed by atoms with Gasteiger partial charge in [-0.3, -0.25) is 0 Å². The summed E-state index contributed by atoms with van der Waals surface area (Å²) in [6.07, 6.45) is 4.54. The minimum absolute atomic E-state index is 0.119. The second-order valence-electron chi connectivity index (χ2n) is 6.48. The molecule has 2 aliphatic heterocycles. The number of aryl methyl sites for hydroxylation is 1. The predicted molar refractivity (Wildman–Crippen MR) is 90.9 cm³/mol. The van der Waals surface area contributed by atoms with Crippen molar-refractivity contribution in [2.45, 2.75) is 31.7 Å². The Morgan fingerprint density at radius 2 is 2.26 bits per heavy atom. The van der Waals surface area contributed by atoms with E-state index in [4.69, 9.17) is 4.74 Å². The Kier molecular flexibility index (Phi) is 5.39. The first-order valence-corrected chi connectivity index (χ1v) is 8.66. The van der Waals surface area contributed by atoms with E-state index in [1.54, 1.807) is 7.11 Å². The van der Waals surface area contributed by atoms with Crippen molar-refractivity contribution in [1.29, 1.82) is 0 Å². The molecule has 2 aliphatic rings. The van der Waals surface area contributed by atoms with Crippen LogP contribution >= 0.6 is 0 Å². The average Bonchev–Trinajstić information content (AvgIpc) is 3.01. The predicted octanol–water partition coefficient (Wildman–Crippen LogP) is 2.12. The van der Waals surface area contributed by atoms with Crippen molar-refractivity contribution in [3.63, 3.8) is 0 Å². The molecule has 0 radical (unpaired) electrons. The molecule has 2 saturated heterocycles. The molecule has 0 spiro atoms. The first-order valence-electron chi connectivity index (χ1n) is 8.66. The van der Waals surface area contributed by atoms with Gasteiger partial charge in [0.15, 0.2) is 0 Å². The smallest absolute Gasteiger partial charge is 0.317 e. The molecule has 0 aliphatic carbocycles. The molecule has 1 aromatic rings. The van der Waals surface area contributed by atoms with E-state index in [0.717, 1.165) is 57.7 Å². The quantitative estimate of drug-likeness (QED) is 0.874. The zero-order valence-corrected chi connectivity index (χ0v) is 14.0. The van der Waals surface area contributed by atoms with Gasteiger partial charge >= 0.3 is 6.03 Å². The molecule has 5 heteroatoms. The van der Waals surface area contributed by atoms with Gasteiger partial charge in [-0.25, -0.2) is 4.79 Å². The molecule has 23 heavy (non-hydrogen) atoms. The van der Waals surface area contributed by atoms with Gasteiger partial charge in [-0.1, -0.05) is 12.1 Å². The number of nitrogens with one attached hydrogen (secondary N) is 1. The van der Waals surface area contributed by atoms with Gasteiger partial charge in [-0.2, -0.15) is 0 Å². The monoisotopic (exact) mass is 317 g/mol. The Bertz CT molecular complexity index is 535. The van der Waals surface area contributed by atoms with Gasteiger partial charge in [-0.05, 0) is 56.5 Å². The fraction of sp³-hybridized carbons (Fsp3) is 0.611. The Hall–Kier alpha value is -1.75. The van der Waals surface area contributed by atoms with Crippen molar-refractivity contribution in [3.8, 4) is 5.75 Å². The zero-order chi connectivity index (χ0) is 16.1. The summed E-state index contributed by atoms with van der Waals surface area (Å²) in [6, 6.07) is 8.83.